The summed E-state index contributed by atoms with van der Waals surface area (Å²) in [5.41, 5.74) is -6.28. The van der Waals surface area contributed by atoms with Crippen LogP contribution in [0.1, 0.15) is 0 Å². The minimum absolute atomic E-state index is 0.0515. The number of hydrogen-bond acceptors (Lipinski definition) is 5. The lowest BCUT2D eigenvalue weighted by Gasteiger charge is -2.11. The molecule has 0 unspecified atom stereocenters. The van der Waals surface area contributed by atoms with E-state index < -0.39 is 38.6 Å². The molecule has 1 aromatic carbocycles. The van der Waals surface area contributed by atoms with E-state index in [-0.39, 0.29) is 23.9 Å². The molecule has 0 fully saturated rings. The third kappa shape index (κ3) is 4.07. The lowest BCUT2D eigenvalue weighted by molar-refractivity contribution is -0.0501. The molecular formula is C13H10ClF5N2O4S. The smallest absolute Gasteiger partial charge is 0.383 e. The van der Waals surface area contributed by atoms with Crippen LogP contribution in [0, 0.1) is 11.6 Å². The number of benzene rings is 1. The molecule has 0 aliphatic carbocycles. The first kappa shape index (κ1) is 20.4. The van der Waals surface area contributed by atoms with E-state index >= 15 is 0 Å². The molecule has 0 N–H and O–H groups in total. The van der Waals surface area contributed by atoms with Crippen LogP contribution in [0.15, 0.2) is 18.3 Å². The number of halogens is 6. The number of rotatable bonds is 6. The highest BCUT2D eigenvalue weighted by Gasteiger charge is 2.49. The Morgan fingerprint density at radius 1 is 1.19 bits per heavy atom. The molecule has 1 heterocycles. The van der Waals surface area contributed by atoms with E-state index in [1.54, 1.807) is 0 Å². The number of methoxy groups -OCH3 is 1. The second-order valence-electron chi connectivity index (χ2n) is 4.81. The summed E-state index contributed by atoms with van der Waals surface area (Å²) >= 11 is 5.85. The van der Waals surface area contributed by atoms with Gasteiger partial charge in [-0.15, -0.1) is 0 Å². The quantitative estimate of drug-likeness (QED) is 0.407. The van der Waals surface area contributed by atoms with Crippen LogP contribution < -0.4 is 4.18 Å². The van der Waals surface area contributed by atoms with E-state index in [9.17, 15) is 30.4 Å². The average Bonchev–Trinajstić information content (AvgIpc) is 2.89. The Labute approximate surface area is 149 Å². The van der Waals surface area contributed by atoms with Gasteiger partial charge in [-0.1, -0.05) is 11.6 Å². The molecule has 0 radical (unpaired) electrons. The molecule has 2 aromatic rings. The van der Waals surface area contributed by atoms with Gasteiger partial charge in [0, 0.05) is 24.4 Å². The summed E-state index contributed by atoms with van der Waals surface area (Å²) in [4.78, 5) is 0. The zero-order valence-corrected chi connectivity index (χ0v) is 14.4. The Kier molecular flexibility index (Phi) is 5.78. The molecule has 144 valence electrons. The van der Waals surface area contributed by atoms with Crippen LogP contribution in [-0.2, 0) is 21.4 Å². The molecule has 2 rings (SSSR count). The number of nitrogens with zero attached hydrogens (tertiary/aromatic N) is 2. The van der Waals surface area contributed by atoms with Crippen molar-refractivity contribution in [2.45, 2.75) is 12.1 Å². The fourth-order valence-corrected chi connectivity index (χ4v) is 2.55. The first-order valence-corrected chi connectivity index (χ1v) is 8.47. The third-order valence-electron chi connectivity index (χ3n) is 3.06. The lowest BCUT2D eigenvalue weighted by atomic mass is 10.1. The van der Waals surface area contributed by atoms with Gasteiger partial charge in [0.2, 0.25) is 5.82 Å². The summed E-state index contributed by atoms with van der Waals surface area (Å²) < 4.78 is 96.6. The Balaban J connectivity index is 2.41. The monoisotopic (exact) mass is 420 g/mol. The maximum Gasteiger partial charge on any atom is 0.534 e. The summed E-state index contributed by atoms with van der Waals surface area (Å²) in [6.45, 7) is 0.516. The highest BCUT2D eigenvalue weighted by atomic mass is 35.5. The zero-order chi connectivity index (χ0) is 19.7. The molecular weight excluding hydrogens is 411 g/mol. The van der Waals surface area contributed by atoms with Crippen molar-refractivity contribution in [3.05, 3.63) is 35.1 Å². The molecule has 26 heavy (non-hydrogen) atoms. The highest BCUT2D eigenvalue weighted by molar-refractivity contribution is 7.88. The van der Waals surface area contributed by atoms with Crippen molar-refractivity contribution < 1.29 is 39.3 Å². The maximum absolute atomic E-state index is 14.2. The Bertz CT molecular complexity index is 914. The maximum atomic E-state index is 14.2. The Hall–Kier alpha value is -1.92. The predicted octanol–water partition coefficient (Wildman–Crippen LogP) is 3.36. The lowest BCUT2D eigenvalue weighted by Crippen LogP contribution is -2.28. The third-order valence-corrected chi connectivity index (χ3v) is 4.31. The van der Waals surface area contributed by atoms with Crippen LogP contribution in [0.25, 0.3) is 11.1 Å². The van der Waals surface area contributed by atoms with Crippen LogP contribution in [0.4, 0.5) is 22.0 Å². The molecule has 0 spiro atoms. The molecule has 0 atom stereocenters. The van der Waals surface area contributed by atoms with Gasteiger partial charge in [-0.25, -0.2) is 4.39 Å². The predicted molar refractivity (Wildman–Crippen MR) is 80.1 cm³/mol. The topological polar surface area (TPSA) is 70.4 Å². The van der Waals surface area contributed by atoms with Crippen LogP contribution in [0.2, 0.25) is 5.15 Å². The molecule has 0 saturated heterocycles. The molecule has 13 heteroatoms. The van der Waals surface area contributed by atoms with E-state index in [4.69, 9.17) is 16.3 Å². The van der Waals surface area contributed by atoms with Crippen molar-refractivity contribution in [2.24, 2.45) is 0 Å². The van der Waals surface area contributed by atoms with Crippen LogP contribution in [-0.4, -0.2) is 37.4 Å². The van der Waals surface area contributed by atoms with E-state index in [1.807, 2.05) is 0 Å². The summed E-state index contributed by atoms with van der Waals surface area (Å²) in [7, 11) is -4.71. The fourth-order valence-electron chi connectivity index (χ4n) is 1.85. The van der Waals surface area contributed by atoms with Gasteiger partial charge in [-0.3, -0.25) is 4.68 Å². The second kappa shape index (κ2) is 7.37. The molecule has 0 bridgehead atoms. The number of hydrogen-bond donors (Lipinski definition) is 0. The van der Waals surface area contributed by atoms with E-state index in [2.05, 4.69) is 9.28 Å². The van der Waals surface area contributed by atoms with Gasteiger partial charge in [-0.2, -0.15) is 31.1 Å². The number of alkyl halides is 3. The molecule has 0 aliphatic heterocycles. The first-order valence-electron chi connectivity index (χ1n) is 6.69. The minimum Gasteiger partial charge on any atom is -0.383 e. The summed E-state index contributed by atoms with van der Waals surface area (Å²) in [6, 6.07) is 1.36. The molecule has 0 aliphatic rings. The van der Waals surface area contributed by atoms with E-state index in [1.165, 1.54) is 18.0 Å². The van der Waals surface area contributed by atoms with Gasteiger partial charge in [0.1, 0.15) is 0 Å². The minimum atomic E-state index is -6.14. The standard InChI is InChI=1S/C13H10ClF5N2O4S/c1-24-5-4-21-6-8(12(14)20-21)7-2-3-9(11(16)10(7)15)25-26(22,23)13(17,18)19/h2-3,6H,4-5H2,1H3. The first-order chi connectivity index (χ1) is 12.0. The van der Waals surface area contributed by atoms with Gasteiger partial charge in [0.05, 0.1) is 13.2 Å². The van der Waals surface area contributed by atoms with Gasteiger partial charge in [-0.05, 0) is 12.1 Å². The SMILES string of the molecule is COCCn1cc(-c2ccc(OS(=O)(=O)C(F)(F)F)c(F)c2F)c(Cl)n1. The zero-order valence-electron chi connectivity index (χ0n) is 12.8. The summed E-state index contributed by atoms with van der Waals surface area (Å²) in [5, 5.41) is 3.65. The van der Waals surface area contributed by atoms with Gasteiger partial charge in [0.15, 0.2) is 16.7 Å². The van der Waals surface area contributed by atoms with Crippen molar-refractivity contribution in [2.75, 3.05) is 13.7 Å². The van der Waals surface area contributed by atoms with Crippen molar-refractivity contribution in [3.8, 4) is 16.9 Å². The van der Waals surface area contributed by atoms with Crippen LogP contribution in [0.3, 0.4) is 0 Å². The number of aromatic nitrogens is 2. The average molecular weight is 421 g/mol. The molecule has 0 amide bonds. The van der Waals surface area contributed by atoms with Crippen LogP contribution >= 0.6 is 11.6 Å². The molecule has 0 saturated carbocycles. The summed E-state index contributed by atoms with van der Waals surface area (Å²) in [5.74, 6) is -5.00. The fraction of sp³-hybridized carbons (Fsp3) is 0.308. The van der Waals surface area contributed by atoms with Gasteiger partial charge < -0.3 is 8.92 Å². The van der Waals surface area contributed by atoms with Crippen molar-refractivity contribution in [3.63, 3.8) is 0 Å². The van der Waals surface area contributed by atoms with Crippen LogP contribution in [0.5, 0.6) is 5.75 Å². The Morgan fingerprint density at radius 2 is 1.85 bits per heavy atom. The Morgan fingerprint density at radius 3 is 2.42 bits per heavy atom. The van der Waals surface area contributed by atoms with Gasteiger partial charge >= 0.3 is 15.6 Å². The summed E-state index contributed by atoms with van der Waals surface area (Å²) in [6.07, 6.45) is 1.27. The molecule has 6 nitrogen and oxygen atoms in total. The molecule has 1 aromatic heterocycles. The normalized spacial score (nSPS) is 12.4. The second-order valence-corrected chi connectivity index (χ2v) is 6.71. The van der Waals surface area contributed by atoms with Crippen molar-refractivity contribution in [1.29, 1.82) is 0 Å². The van der Waals surface area contributed by atoms with E-state index in [0.717, 1.165) is 6.07 Å². The van der Waals surface area contributed by atoms with Gasteiger partial charge in [0.25, 0.3) is 0 Å². The van der Waals surface area contributed by atoms with Crippen molar-refractivity contribution >= 4 is 21.7 Å². The largest absolute Gasteiger partial charge is 0.534 e. The van der Waals surface area contributed by atoms with Crippen molar-refractivity contribution in [1.82, 2.24) is 9.78 Å². The van der Waals surface area contributed by atoms with E-state index in [0.29, 0.717) is 6.07 Å². The highest BCUT2D eigenvalue weighted by Crippen LogP contribution is 2.35. The number of ether oxygens (including phenoxy) is 1.